The fourth-order valence-electron chi connectivity index (χ4n) is 2.27. The monoisotopic (exact) mass is 284 g/mol. The van der Waals surface area contributed by atoms with Crippen LogP contribution in [0.3, 0.4) is 0 Å². The number of methoxy groups -OCH3 is 1. The van der Waals surface area contributed by atoms with Crippen LogP contribution in [0.25, 0.3) is 0 Å². The van der Waals surface area contributed by atoms with Crippen molar-refractivity contribution in [3.8, 4) is 5.75 Å². The van der Waals surface area contributed by atoms with Gasteiger partial charge in [-0.2, -0.15) is 0 Å². The molecule has 0 aliphatic rings. The first-order valence-electron chi connectivity index (χ1n) is 7.30. The van der Waals surface area contributed by atoms with Crippen molar-refractivity contribution in [1.29, 1.82) is 0 Å². The Kier molecular flexibility index (Phi) is 5.64. The van der Waals surface area contributed by atoms with Crippen LogP contribution in [0.15, 0.2) is 48.5 Å². The van der Waals surface area contributed by atoms with Crippen molar-refractivity contribution in [2.24, 2.45) is 0 Å². The zero-order valence-electron chi connectivity index (χ0n) is 13.1. The van der Waals surface area contributed by atoms with Gasteiger partial charge in [0, 0.05) is 30.9 Å². The van der Waals surface area contributed by atoms with E-state index >= 15 is 0 Å². The van der Waals surface area contributed by atoms with Gasteiger partial charge in [-0.25, -0.2) is 0 Å². The molecule has 0 saturated carbocycles. The number of likely N-dealkylation sites (N-methyl/N-ethyl adjacent to an activating group) is 1. The largest absolute Gasteiger partial charge is 0.496 e. The van der Waals surface area contributed by atoms with Crippen molar-refractivity contribution < 1.29 is 4.74 Å². The Labute approximate surface area is 127 Å². The maximum absolute atomic E-state index is 5.39. The number of hydrogen-bond donors (Lipinski definition) is 1. The third kappa shape index (κ3) is 4.80. The second-order valence-electron chi connectivity index (χ2n) is 5.34. The third-order valence-electron chi connectivity index (χ3n) is 3.51. The summed E-state index contributed by atoms with van der Waals surface area (Å²) in [5.41, 5.74) is 3.68. The van der Waals surface area contributed by atoms with Crippen molar-refractivity contribution in [3.05, 3.63) is 59.7 Å². The molecule has 0 spiro atoms. The molecule has 0 aromatic heterocycles. The molecular weight excluding hydrogens is 260 g/mol. The number of nitrogens with one attached hydrogen (secondary N) is 1. The lowest BCUT2D eigenvalue weighted by Gasteiger charge is -2.19. The summed E-state index contributed by atoms with van der Waals surface area (Å²) in [5.74, 6) is 0.954. The SMILES string of the molecule is COc1ccccc1CN(C)CCNc1ccc(C)cc1. The first-order chi connectivity index (χ1) is 10.2. The molecule has 1 N–H and O–H groups in total. The van der Waals surface area contributed by atoms with Crippen LogP contribution < -0.4 is 10.1 Å². The Bertz CT molecular complexity index is 551. The molecule has 0 fully saturated rings. The number of nitrogens with zero attached hydrogens (tertiary/aromatic N) is 1. The molecule has 112 valence electrons. The van der Waals surface area contributed by atoms with E-state index in [0.29, 0.717) is 0 Å². The van der Waals surface area contributed by atoms with E-state index in [1.165, 1.54) is 16.8 Å². The van der Waals surface area contributed by atoms with Gasteiger partial charge in [0.25, 0.3) is 0 Å². The highest BCUT2D eigenvalue weighted by molar-refractivity contribution is 5.44. The molecule has 0 atom stereocenters. The van der Waals surface area contributed by atoms with Crippen LogP contribution in [-0.4, -0.2) is 32.1 Å². The molecule has 2 rings (SSSR count). The van der Waals surface area contributed by atoms with E-state index in [-0.39, 0.29) is 0 Å². The van der Waals surface area contributed by atoms with Gasteiger partial charge >= 0.3 is 0 Å². The van der Waals surface area contributed by atoms with Gasteiger partial charge in [-0.05, 0) is 32.2 Å². The Hall–Kier alpha value is -2.00. The van der Waals surface area contributed by atoms with Gasteiger partial charge in [0.2, 0.25) is 0 Å². The van der Waals surface area contributed by atoms with Crippen LogP contribution in [-0.2, 0) is 6.54 Å². The molecule has 2 aromatic rings. The van der Waals surface area contributed by atoms with E-state index in [1.807, 2.05) is 12.1 Å². The predicted molar refractivity (Wildman–Crippen MR) is 89.0 cm³/mol. The second kappa shape index (κ2) is 7.70. The first-order valence-corrected chi connectivity index (χ1v) is 7.30. The number of anilines is 1. The van der Waals surface area contributed by atoms with E-state index < -0.39 is 0 Å². The van der Waals surface area contributed by atoms with Crippen LogP contribution >= 0.6 is 0 Å². The summed E-state index contributed by atoms with van der Waals surface area (Å²) in [5, 5.41) is 3.44. The van der Waals surface area contributed by atoms with Crippen molar-refractivity contribution in [2.75, 3.05) is 32.6 Å². The number of aryl methyl sites for hydroxylation is 1. The number of benzene rings is 2. The molecule has 2 aromatic carbocycles. The lowest BCUT2D eigenvalue weighted by molar-refractivity contribution is 0.328. The predicted octanol–water partition coefficient (Wildman–Crippen LogP) is 3.55. The molecule has 0 heterocycles. The van der Waals surface area contributed by atoms with E-state index in [1.54, 1.807) is 7.11 Å². The van der Waals surface area contributed by atoms with Gasteiger partial charge in [0.1, 0.15) is 5.75 Å². The minimum atomic E-state index is 0.888. The van der Waals surface area contributed by atoms with Crippen molar-refractivity contribution in [2.45, 2.75) is 13.5 Å². The number of hydrogen-bond acceptors (Lipinski definition) is 3. The summed E-state index contributed by atoms with van der Waals surface area (Å²) >= 11 is 0. The smallest absolute Gasteiger partial charge is 0.123 e. The fourth-order valence-corrected chi connectivity index (χ4v) is 2.27. The van der Waals surface area contributed by atoms with Crippen LogP contribution in [0.2, 0.25) is 0 Å². The van der Waals surface area contributed by atoms with Gasteiger partial charge in [-0.1, -0.05) is 35.9 Å². The maximum Gasteiger partial charge on any atom is 0.123 e. The molecule has 0 aliphatic heterocycles. The van der Waals surface area contributed by atoms with Gasteiger partial charge in [-0.3, -0.25) is 0 Å². The van der Waals surface area contributed by atoms with E-state index in [0.717, 1.165) is 25.4 Å². The standard InChI is InChI=1S/C18H24N2O/c1-15-8-10-17(11-9-15)19-12-13-20(2)14-16-6-4-5-7-18(16)21-3/h4-11,19H,12-14H2,1-3H3. The number of ether oxygens (including phenoxy) is 1. The highest BCUT2D eigenvalue weighted by Gasteiger charge is 2.05. The Morgan fingerprint density at radius 1 is 1.05 bits per heavy atom. The van der Waals surface area contributed by atoms with Crippen LogP contribution in [0.4, 0.5) is 5.69 Å². The van der Waals surface area contributed by atoms with Crippen molar-refractivity contribution in [1.82, 2.24) is 4.90 Å². The lowest BCUT2D eigenvalue weighted by atomic mass is 10.2. The maximum atomic E-state index is 5.39. The molecule has 3 heteroatoms. The normalized spacial score (nSPS) is 10.7. The quantitative estimate of drug-likeness (QED) is 0.841. The summed E-state index contributed by atoms with van der Waals surface area (Å²) in [6, 6.07) is 16.7. The summed E-state index contributed by atoms with van der Waals surface area (Å²) in [4.78, 5) is 2.29. The highest BCUT2D eigenvalue weighted by atomic mass is 16.5. The molecule has 0 aliphatic carbocycles. The first kappa shape index (κ1) is 15.4. The average Bonchev–Trinajstić information content (AvgIpc) is 2.50. The molecule has 0 bridgehead atoms. The van der Waals surface area contributed by atoms with Crippen LogP contribution in [0.1, 0.15) is 11.1 Å². The van der Waals surface area contributed by atoms with Gasteiger partial charge in [0.15, 0.2) is 0 Å². The summed E-state index contributed by atoms with van der Waals surface area (Å²) in [7, 11) is 3.85. The topological polar surface area (TPSA) is 24.5 Å². The minimum absolute atomic E-state index is 0.888. The zero-order valence-corrected chi connectivity index (χ0v) is 13.1. The highest BCUT2D eigenvalue weighted by Crippen LogP contribution is 2.18. The molecule has 3 nitrogen and oxygen atoms in total. The lowest BCUT2D eigenvalue weighted by Crippen LogP contribution is -2.25. The van der Waals surface area contributed by atoms with Crippen molar-refractivity contribution in [3.63, 3.8) is 0 Å². The van der Waals surface area contributed by atoms with Crippen molar-refractivity contribution >= 4 is 5.69 Å². The summed E-state index contributed by atoms with van der Waals surface area (Å²) < 4.78 is 5.39. The Morgan fingerprint density at radius 2 is 1.76 bits per heavy atom. The van der Waals surface area contributed by atoms with Crippen LogP contribution in [0.5, 0.6) is 5.75 Å². The number of para-hydroxylation sites is 1. The Morgan fingerprint density at radius 3 is 2.48 bits per heavy atom. The molecular formula is C18H24N2O. The summed E-state index contributed by atoms with van der Waals surface area (Å²) in [6.07, 6.45) is 0. The van der Waals surface area contributed by atoms with E-state index in [2.05, 4.69) is 60.6 Å². The number of rotatable bonds is 7. The molecule has 0 saturated heterocycles. The van der Waals surface area contributed by atoms with Gasteiger partial charge in [0.05, 0.1) is 7.11 Å². The molecule has 0 radical (unpaired) electrons. The third-order valence-corrected chi connectivity index (χ3v) is 3.51. The molecule has 0 unspecified atom stereocenters. The molecule has 0 amide bonds. The second-order valence-corrected chi connectivity index (χ2v) is 5.34. The zero-order chi connectivity index (χ0) is 15.1. The van der Waals surface area contributed by atoms with E-state index in [9.17, 15) is 0 Å². The molecule has 21 heavy (non-hydrogen) atoms. The van der Waals surface area contributed by atoms with Crippen LogP contribution in [0, 0.1) is 6.92 Å². The van der Waals surface area contributed by atoms with E-state index in [4.69, 9.17) is 4.74 Å². The van der Waals surface area contributed by atoms with Gasteiger partial charge < -0.3 is 15.0 Å². The minimum Gasteiger partial charge on any atom is -0.496 e. The fraction of sp³-hybridized carbons (Fsp3) is 0.333. The van der Waals surface area contributed by atoms with Gasteiger partial charge in [-0.15, -0.1) is 0 Å². The Balaban J connectivity index is 1.79. The average molecular weight is 284 g/mol. The summed E-state index contributed by atoms with van der Waals surface area (Å²) in [6.45, 7) is 4.89.